The number of rotatable bonds is 1. The van der Waals surface area contributed by atoms with Gasteiger partial charge in [-0.2, -0.15) is 0 Å². The van der Waals surface area contributed by atoms with Gasteiger partial charge < -0.3 is 9.78 Å². The number of halogens is 1. The lowest BCUT2D eigenvalue weighted by atomic mass is 10.2. The van der Waals surface area contributed by atoms with Crippen molar-refractivity contribution in [3.63, 3.8) is 0 Å². The number of hydrogen-bond donors (Lipinski definition) is 1. The fourth-order valence-electron chi connectivity index (χ4n) is 1.27. The number of fused-ring (bicyclic) bond motifs is 1. The van der Waals surface area contributed by atoms with Crippen LogP contribution in [0.1, 0.15) is 12.0 Å². The van der Waals surface area contributed by atoms with E-state index in [0.717, 1.165) is 27.4 Å². The van der Waals surface area contributed by atoms with Crippen LogP contribution in [0.3, 0.4) is 0 Å². The Labute approximate surface area is 95.0 Å². The van der Waals surface area contributed by atoms with E-state index in [1.807, 2.05) is 6.07 Å². The summed E-state index contributed by atoms with van der Waals surface area (Å²) in [6, 6.07) is 1.95. The fourth-order valence-corrected chi connectivity index (χ4v) is 1.60. The highest BCUT2D eigenvalue weighted by atomic mass is 79.9. The lowest BCUT2D eigenvalue weighted by molar-refractivity contribution is -0.107. The Morgan fingerprint density at radius 1 is 1.60 bits per heavy atom. The Bertz CT molecular complexity index is 563. The molecule has 1 N–H and O–H groups in total. The van der Waals surface area contributed by atoms with Crippen molar-refractivity contribution < 1.29 is 4.79 Å². The van der Waals surface area contributed by atoms with Crippen molar-refractivity contribution in [2.45, 2.75) is 6.42 Å². The van der Waals surface area contributed by atoms with Gasteiger partial charge in [-0.3, -0.25) is 0 Å². The van der Waals surface area contributed by atoms with Gasteiger partial charge >= 0.3 is 0 Å². The minimum Gasteiger partial charge on any atom is -0.345 e. The highest BCUT2D eigenvalue weighted by Crippen LogP contribution is 2.19. The molecule has 0 radical (unpaired) electrons. The van der Waals surface area contributed by atoms with E-state index >= 15 is 0 Å². The molecule has 2 rings (SSSR count). The molecule has 0 bridgehead atoms. The molecule has 74 valence electrons. The van der Waals surface area contributed by atoms with Crippen LogP contribution in [0.2, 0.25) is 0 Å². The van der Waals surface area contributed by atoms with Crippen LogP contribution in [0, 0.1) is 11.8 Å². The third-order valence-corrected chi connectivity index (χ3v) is 2.34. The summed E-state index contributed by atoms with van der Waals surface area (Å²) in [5.41, 5.74) is 1.66. The molecule has 2 aromatic heterocycles. The number of hydrogen-bond acceptors (Lipinski definition) is 2. The number of aromatic nitrogens is 2. The Morgan fingerprint density at radius 2 is 2.47 bits per heavy atom. The number of carbonyl (C=O) groups excluding carboxylic acids is 1. The summed E-state index contributed by atoms with van der Waals surface area (Å²) in [6.07, 6.45) is 4.56. The van der Waals surface area contributed by atoms with Crippen LogP contribution >= 0.6 is 15.9 Å². The van der Waals surface area contributed by atoms with Gasteiger partial charge in [0.25, 0.3) is 0 Å². The van der Waals surface area contributed by atoms with Gasteiger partial charge in [-0.15, -0.1) is 0 Å². The quantitative estimate of drug-likeness (QED) is 0.633. The highest BCUT2D eigenvalue weighted by Gasteiger charge is 2.02. The summed E-state index contributed by atoms with van der Waals surface area (Å²) in [6.45, 7) is 0. The van der Waals surface area contributed by atoms with Crippen molar-refractivity contribution in [3.8, 4) is 11.8 Å². The topological polar surface area (TPSA) is 45.8 Å². The molecule has 0 atom stereocenters. The molecule has 0 aromatic carbocycles. The fraction of sp³-hybridized carbons (Fsp3) is 0.0909. The maximum absolute atomic E-state index is 10.1. The molecule has 0 unspecified atom stereocenters. The van der Waals surface area contributed by atoms with E-state index < -0.39 is 0 Å². The largest absolute Gasteiger partial charge is 0.345 e. The second kappa shape index (κ2) is 4.28. The average Bonchev–Trinajstić information content (AvgIpc) is 2.62. The van der Waals surface area contributed by atoms with Gasteiger partial charge in [0.05, 0.1) is 12.0 Å². The molecule has 0 aliphatic carbocycles. The zero-order chi connectivity index (χ0) is 10.7. The maximum atomic E-state index is 10.1. The summed E-state index contributed by atoms with van der Waals surface area (Å²) in [4.78, 5) is 17.3. The molecule has 0 spiro atoms. The summed E-state index contributed by atoms with van der Waals surface area (Å²) >= 11 is 3.35. The number of nitrogens with one attached hydrogen (secondary N) is 1. The van der Waals surface area contributed by atoms with Gasteiger partial charge in [0.15, 0.2) is 0 Å². The third-order valence-electron chi connectivity index (χ3n) is 1.91. The second-order valence-electron chi connectivity index (χ2n) is 2.92. The van der Waals surface area contributed by atoms with Crippen LogP contribution in [-0.2, 0) is 4.79 Å². The van der Waals surface area contributed by atoms with Crippen LogP contribution in [0.5, 0.6) is 0 Å². The number of pyridine rings is 1. The first-order chi connectivity index (χ1) is 7.31. The van der Waals surface area contributed by atoms with Gasteiger partial charge in [-0.25, -0.2) is 4.98 Å². The minimum atomic E-state index is 0.258. The molecule has 3 nitrogen and oxygen atoms in total. The van der Waals surface area contributed by atoms with Gasteiger partial charge in [0.1, 0.15) is 11.9 Å². The van der Waals surface area contributed by atoms with Crippen molar-refractivity contribution in [1.82, 2.24) is 9.97 Å². The van der Waals surface area contributed by atoms with Crippen LogP contribution in [0.25, 0.3) is 11.0 Å². The van der Waals surface area contributed by atoms with Gasteiger partial charge in [0, 0.05) is 22.3 Å². The zero-order valence-electron chi connectivity index (χ0n) is 7.75. The Morgan fingerprint density at radius 3 is 3.27 bits per heavy atom. The number of aldehydes is 1. The summed E-state index contributed by atoms with van der Waals surface area (Å²) in [7, 11) is 0. The summed E-state index contributed by atoms with van der Waals surface area (Å²) in [5, 5.41) is 0.961. The van der Waals surface area contributed by atoms with Crippen molar-refractivity contribution >= 4 is 33.2 Å². The number of H-pyrrole nitrogens is 1. The minimum absolute atomic E-state index is 0.258. The molecular weight excluding hydrogens is 256 g/mol. The van der Waals surface area contributed by atoms with Gasteiger partial charge in [-0.05, 0) is 22.0 Å². The monoisotopic (exact) mass is 262 g/mol. The standard InChI is InChI=1S/C11H7BrN2O/c12-9-5-10-8(3-1-2-4-15)6-13-11(10)14-7-9/h4-7H,2H2,(H,13,14). The molecule has 0 aliphatic rings. The average molecular weight is 263 g/mol. The van der Waals surface area contributed by atoms with Crippen LogP contribution in [0.15, 0.2) is 22.9 Å². The normalized spacial score (nSPS) is 9.67. The molecule has 2 aromatic rings. The summed E-state index contributed by atoms with van der Waals surface area (Å²) in [5.74, 6) is 5.69. The van der Waals surface area contributed by atoms with Crippen LogP contribution < -0.4 is 0 Å². The van der Waals surface area contributed by atoms with Gasteiger partial charge in [-0.1, -0.05) is 11.8 Å². The Kier molecular flexibility index (Phi) is 2.84. The van der Waals surface area contributed by atoms with Crippen LogP contribution in [-0.4, -0.2) is 16.3 Å². The maximum Gasteiger partial charge on any atom is 0.138 e. The summed E-state index contributed by atoms with van der Waals surface area (Å²) < 4.78 is 0.910. The molecule has 0 saturated carbocycles. The SMILES string of the molecule is O=CCC#Cc1c[nH]c2ncc(Br)cc12. The molecule has 2 heterocycles. The lowest BCUT2D eigenvalue weighted by Gasteiger charge is -1.90. The molecule has 0 aliphatic heterocycles. The van der Waals surface area contributed by atoms with E-state index in [1.165, 1.54) is 0 Å². The number of nitrogens with zero attached hydrogens (tertiary/aromatic N) is 1. The first-order valence-corrected chi connectivity index (χ1v) is 5.15. The van der Waals surface area contributed by atoms with Crippen molar-refractivity contribution in [2.24, 2.45) is 0 Å². The molecule has 0 amide bonds. The van der Waals surface area contributed by atoms with Crippen molar-refractivity contribution in [2.75, 3.05) is 0 Å². The second-order valence-corrected chi connectivity index (χ2v) is 3.84. The first-order valence-electron chi connectivity index (χ1n) is 4.36. The van der Waals surface area contributed by atoms with E-state index in [9.17, 15) is 4.79 Å². The third kappa shape index (κ3) is 2.08. The predicted octanol–water partition coefficient (Wildman–Crippen LogP) is 2.27. The molecular formula is C11H7BrN2O. The smallest absolute Gasteiger partial charge is 0.138 e. The molecule has 0 saturated heterocycles. The highest BCUT2D eigenvalue weighted by molar-refractivity contribution is 9.10. The molecule has 4 heteroatoms. The predicted molar refractivity (Wildman–Crippen MR) is 61.4 cm³/mol. The molecule has 0 fully saturated rings. The lowest BCUT2D eigenvalue weighted by Crippen LogP contribution is -1.76. The van der Waals surface area contributed by atoms with Gasteiger partial charge in [0.2, 0.25) is 0 Å². The Hall–Kier alpha value is -1.60. The van der Waals surface area contributed by atoms with Crippen LogP contribution in [0.4, 0.5) is 0 Å². The number of aromatic amines is 1. The van der Waals surface area contributed by atoms with Crippen molar-refractivity contribution in [1.29, 1.82) is 0 Å². The zero-order valence-corrected chi connectivity index (χ0v) is 9.34. The van der Waals surface area contributed by atoms with E-state index in [4.69, 9.17) is 0 Å². The van der Waals surface area contributed by atoms with E-state index in [-0.39, 0.29) is 6.42 Å². The number of carbonyl (C=O) groups is 1. The first kappa shape index (κ1) is 9.94. The molecule has 15 heavy (non-hydrogen) atoms. The Balaban J connectivity index is 2.49. The van der Waals surface area contributed by atoms with Crippen molar-refractivity contribution in [3.05, 3.63) is 28.5 Å². The van der Waals surface area contributed by atoms with E-state index in [2.05, 4.69) is 37.7 Å². The van der Waals surface area contributed by atoms with E-state index in [1.54, 1.807) is 12.4 Å². The van der Waals surface area contributed by atoms with E-state index in [0.29, 0.717) is 0 Å².